The van der Waals surface area contributed by atoms with Crippen LogP contribution >= 0.6 is 0 Å². The van der Waals surface area contributed by atoms with Crippen molar-refractivity contribution in [3.63, 3.8) is 0 Å². The quantitative estimate of drug-likeness (QED) is 0.891. The number of benzene rings is 1. The molecule has 0 atom stereocenters. The smallest absolute Gasteiger partial charge is 0.317 e. The zero-order chi connectivity index (χ0) is 16.7. The summed E-state index contributed by atoms with van der Waals surface area (Å²) in [6.07, 6.45) is 1.65. The first-order valence-corrected chi connectivity index (χ1v) is 7.40. The summed E-state index contributed by atoms with van der Waals surface area (Å²) >= 11 is 0. The molecule has 0 saturated carbocycles. The molecule has 0 radical (unpaired) electrons. The van der Waals surface area contributed by atoms with Gasteiger partial charge in [0.2, 0.25) is 5.88 Å². The number of carbonyl (C=O) groups excluding carboxylic acids is 1. The summed E-state index contributed by atoms with van der Waals surface area (Å²) in [4.78, 5) is 17.8. The lowest BCUT2D eigenvalue weighted by Crippen LogP contribution is -2.36. The van der Waals surface area contributed by atoms with Gasteiger partial charge in [-0.3, -0.25) is 0 Å². The van der Waals surface area contributed by atoms with Gasteiger partial charge in [-0.15, -0.1) is 0 Å². The number of carbonyl (C=O) groups is 1. The SMILES string of the molecule is CCOc1ncccc1CN(C)C(=O)NCc1cccc(F)c1. The Morgan fingerprint density at radius 2 is 2.17 bits per heavy atom. The van der Waals surface area contributed by atoms with Crippen LogP contribution in [0.25, 0.3) is 0 Å². The summed E-state index contributed by atoms with van der Waals surface area (Å²) < 4.78 is 18.6. The third-order valence-electron chi connectivity index (χ3n) is 3.22. The maximum Gasteiger partial charge on any atom is 0.317 e. The maximum atomic E-state index is 13.1. The number of nitrogens with one attached hydrogen (secondary N) is 1. The van der Waals surface area contributed by atoms with Gasteiger partial charge in [0.05, 0.1) is 13.2 Å². The van der Waals surface area contributed by atoms with E-state index < -0.39 is 0 Å². The molecule has 0 aliphatic heterocycles. The second kappa shape index (κ2) is 8.12. The molecule has 1 aromatic carbocycles. The van der Waals surface area contributed by atoms with Gasteiger partial charge in [0.25, 0.3) is 0 Å². The molecule has 122 valence electrons. The lowest BCUT2D eigenvalue weighted by atomic mass is 10.2. The fourth-order valence-electron chi connectivity index (χ4n) is 2.10. The third-order valence-corrected chi connectivity index (χ3v) is 3.22. The number of urea groups is 1. The molecular weight excluding hydrogens is 297 g/mol. The molecule has 1 N–H and O–H groups in total. The Balaban J connectivity index is 1.92. The Labute approximate surface area is 135 Å². The summed E-state index contributed by atoms with van der Waals surface area (Å²) in [7, 11) is 1.68. The number of rotatable bonds is 6. The molecule has 2 rings (SSSR count). The summed E-state index contributed by atoms with van der Waals surface area (Å²) in [5.74, 6) is 0.210. The highest BCUT2D eigenvalue weighted by Crippen LogP contribution is 2.16. The zero-order valence-electron chi connectivity index (χ0n) is 13.3. The highest BCUT2D eigenvalue weighted by atomic mass is 19.1. The van der Waals surface area contributed by atoms with Crippen LogP contribution in [0.2, 0.25) is 0 Å². The predicted octanol–water partition coefficient (Wildman–Crippen LogP) is 2.96. The van der Waals surface area contributed by atoms with Gasteiger partial charge in [-0.2, -0.15) is 0 Å². The molecular formula is C17H20FN3O2. The van der Waals surface area contributed by atoms with E-state index in [1.807, 2.05) is 13.0 Å². The van der Waals surface area contributed by atoms with Crippen molar-refractivity contribution in [2.45, 2.75) is 20.0 Å². The number of ether oxygens (including phenoxy) is 1. The lowest BCUT2D eigenvalue weighted by Gasteiger charge is -2.19. The molecule has 2 amide bonds. The molecule has 6 heteroatoms. The van der Waals surface area contributed by atoms with Crippen molar-refractivity contribution in [1.29, 1.82) is 0 Å². The number of aromatic nitrogens is 1. The van der Waals surface area contributed by atoms with Gasteiger partial charge in [-0.1, -0.05) is 18.2 Å². The van der Waals surface area contributed by atoms with Crippen LogP contribution in [0.15, 0.2) is 42.6 Å². The van der Waals surface area contributed by atoms with Crippen molar-refractivity contribution in [3.05, 3.63) is 59.5 Å². The minimum Gasteiger partial charge on any atom is -0.478 e. The highest BCUT2D eigenvalue weighted by molar-refractivity contribution is 5.73. The number of amides is 2. The van der Waals surface area contributed by atoms with Crippen LogP contribution in [0.1, 0.15) is 18.1 Å². The average Bonchev–Trinajstić information content (AvgIpc) is 2.54. The first-order chi connectivity index (χ1) is 11.1. The van der Waals surface area contributed by atoms with Crippen molar-refractivity contribution in [2.75, 3.05) is 13.7 Å². The van der Waals surface area contributed by atoms with Crippen LogP contribution in [0, 0.1) is 5.82 Å². The summed E-state index contributed by atoms with van der Waals surface area (Å²) in [6, 6.07) is 9.57. The highest BCUT2D eigenvalue weighted by Gasteiger charge is 2.12. The van der Waals surface area contributed by atoms with Crippen molar-refractivity contribution in [2.24, 2.45) is 0 Å². The Kier molecular flexibility index (Phi) is 5.91. The molecule has 23 heavy (non-hydrogen) atoms. The Morgan fingerprint density at radius 3 is 2.91 bits per heavy atom. The summed E-state index contributed by atoms with van der Waals surface area (Å²) in [6.45, 7) is 3.04. The molecule has 5 nitrogen and oxygen atoms in total. The molecule has 0 aliphatic carbocycles. The molecule has 0 unspecified atom stereocenters. The second-order valence-electron chi connectivity index (χ2n) is 5.05. The van der Waals surface area contributed by atoms with E-state index in [-0.39, 0.29) is 18.4 Å². The number of pyridine rings is 1. The van der Waals surface area contributed by atoms with Crippen LogP contribution in [0.4, 0.5) is 9.18 Å². The molecule has 0 spiro atoms. The van der Waals surface area contributed by atoms with E-state index in [1.165, 1.54) is 17.0 Å². The number of halogens is 1. The second-order valence-corrected chi connectivity index (χ2v) is 5.05. The molecule has 0 aliphatic rings. The van der Waals surface area contributed by atoms with E-state index >= 15 is 0 Å². The van der Waals surface area contributed by atoms with E-state index in [1.54, 1.807) is 31.4 Å². The number of hydrogen-bond acceptors (Lipinski definition) is 3. The van der Waals surface area contributed by atoms with Crippen LogP contribution in [-0.2, 0) is 13.1 Å². The summed E-state index contributed by atoms with van der Waals surface area (Å²) in [5.41, 5.74) is 1.54. The first-order valence-electron chi connectivity index (χ1n) is 7.40. The van der Waals surface area contributed by atoms with Crippen LogP contribution < -0.4 is 10.1 Å². The molecule has 0 saturated heterocycles. The van der Waals surface area contributed by atoms with E-state index in [0.29, 0.717) is 24.6 Å². The Bertz CT molecular complexity index is 664. The monoisotopic (exact) mass is 317 g/mol. The third kappa shape index (κ3) is 4.95. The van der Waals surface area contributed by atoms with Gasteiger partial charge in [-0.25, -0.2) is 14.2 Å². The molecule has 2 aromatic rings. The minimum atomic E-state index is -0.318. The van der Waals surface area contributed by atoms with Crippen LogP contribution in [0.3, 0.4) is 0 Å². The standard InChI is InChI=1S/C17H20FN3O2/c1-3-23-16-14(7-5-9-19-16)12-21(2)17(22)20-11-13-6-4-8-15(18)10-13/h4-10H,3,11-12H2,1-2H3,(H,20,22). The van der Waals surface area contributed by atoms with Gasteiger partial charge < -0.3 is 15.0 Å². The van der Waals surface area contributed by atoms with Crippen molar-refractivity contribution in [3.8, 4) is 5.88 Å². The number of nitrogens with zero attached hydrogens (tertiary/aromatic N) is 2. The van der Waals surface area contributed by atoms with Gasteiger partial charge in [-0.05, 0) is 30.7 Å². The van der Waals surface area contributed by atoms with Crippen molar-refractivity contribution >= 4 is 6.03 Å². The van der Waals surface area contributed by atoms with Crippen molar-refractivity contribution < 1.29 is 13.9 Å². The zero-order valence-corrected chi connectivity index (χ0v) is 13.3. The Morgan fingerprint density at radius 1 is 1.35 bits per heavy atom. The predicted molar refractivity (Wildman–Crippen MR) is 85.5 cm³/mol. The van der Waals surface area contributed by atoms with Crippen molar-refractivity contribution in [1.82, 2.24) is 15.2 Å². The van der Waals surface area contributed by atoms with E-state index in [9.17, 15) is 9.18 Å². The van der Waals surface area contributed by atoms with Gasteiger partial charge in [0, 0.05) is 25.4 Å². The Hall–Kier alpha value is -2.63. The fraction of sp³-hybridized carbons (Fsp3) is 0.294. The van der Waals surface area contributed by atoms with Gasteiger partial charge >= 0.3 is 6.03 Å². The van der Waals surface area contributed by atoms with Gasteiger partial charge in [0.1, 0.15) is 5.82 Å². The fourth-order valence-corrected chi connectivity index (χ4v) is 2.10. The molecule has 1 aromatic heterocycles. The van der Waals surface area contributed by atoms with Crippen LogP contribution in [0.5, 0.6) is 5.88 Å². The van der Waals surface area contributed by atoms with Gasteiger partial charge in [0.15, 0.2) is 0 Å². The normalized spacial score (nSPS) is 10.2. The number of hydrogen-bond donors (Lipinski definition) is 1. The first kappa shape index (κ1) is 16.7. The van der Waals surface area contributed by atoms with Crippen LogP contribution in [-0.4, -0.2) is 29.6 Å². The molecule has 1 heterocycles. The summed E-state index contributed by atoms with van der Waals surface area (Å²) in [5, 5.41) is 2.76. The molecule has 0 fully saturated rings. The molecule has 0 bridgehead atoms. The largest absolute Gasteiger partial charge is 0.478 e. The lowest BCUT2D eigenvalue weighted by molar-refractivity contribution is 0.205. The minimum absolute atomic E-state index is 0.249. The topological polar surface area (TPSA) is 54.5 Å². The van der Waals surface area contributed by atoms with E-state index in [4.69, 9.17) is 4.74 Å². The van der Waals surface area contributed by atoms with E-state index in [0.717, 1.165) is 5.56 Å². The maximum absolute atomic E-state index is 13.1. The average molecular weight is 317 g/mol. The van der Waals surface area contributed by atoms with E-state index in [2.05, 4.69) is 10.3 Å².